The van der Waals surface area contributed by atoms with E-state index in [4.69, 9.17) is 0 Å². The van der Waals surface area contributed by atoms with Gasteiger partial charge in [-0.25, -0.2) is 8.42 Å². The average molecular weight is 359 g/mol. The molecule has 6 nitrogen and oxygen atoms in total. The first-order valence-corrected chi connectivity index (χ1v) is 11.3. The van der Waals surface area contributed by atoms with Crippen molar-refractivity contribution in [3.63, 3.8) is 0 Å². The van der Waals surface area contributed by atoms with Gasteiger partial charge in [-0.05, 0) is 65.2 Å². The smallest absolute Gasteiger partial charge is 0.214 e. The Morgan fingerprint density at radius 3 is 2.33 bits per heavy atom. The summed E-state index contributed by atoms with van der Waals surface area (Å²) >= 11 is 0. The fourth-order valence-corrected chi connectivity index (χ4v) is 5.86. The fraction of sp³-hybridized carbons (Fsp3) is 1.00. The Morgan fingerprint density at radius 1 is 1.00 bits per heavy atom. The van der Waals surface area contributed by atoms with Crippen molar-refractivity contribution in [3.8, 4) is 0 Å². The van der Waals surface area contributed by atoms with Crippen LogP contribution in [0.3, 0.4) is 0 Å². The summed E-state index contributed by atoms with van der Waals surface area (Å²) in [6, 6.07) is 1.20. The summed E-state index contributed by atoms with van der Waals surface area (Å²) in [5.41, 5.74) is 0. The van der Waals surface area contributed by atoms with Crippen LogP contribution in [0.2, 0.25) is 0 Å². The van der Waals surface area contributed by atoms with E-state index in [1.165, 1.54) is 38.8 Å². The van der Waals surface area contributed by atoms with Crippen LogP contribution in [0.4, 0.5) is 0 Å². The number of sulfonamides is 1. The first kappa shape index (κ1) is 18.6. The van der Waals surface area contributed by atoms with Gasteiger partial charge in [0.25, 0.3) is 0 Å². The van der Waals surface area contributed by atoms with Crippen LogP contribution in [0.1, 0.15) is 38.5 Å². The van der Waals surface area contributed by atoms with Gasteiger partial charge < -0.3 is 10.2 Å². The average Bonchev–Trinajstić information content (AvgIpc) is 3.09. The molecule has 0 spiro atoms. The lowest BCUT2D eigenvalue weighted by molar-refractivity contribution is 0.0892. The van der Waals surface area contributed by atoms with Crippen molar-refractivity contribution in [2.24, 2.45) is 0 Å². The Labute approximate surface area is 147 Å². The SMILES string of the molecule is CN1CCC(N2CCN(S(=O)(=O)CCC[C@@H]3CCCN3)CC2)CC1. The van der Waals surface area contributed by atoms with Crippen LogP contribution in [-0.4, -0.2) is 93.2 Å². The van der Waals surface area contributed by atoms with Gasteiger partial charge in [-0.3, -0.25) is 4.90 Å². The zero-order chi connectivity index (χ0) is 17.0. The van der Waals surface area contributed by atoms with Gasteiger partial charge in [0.05, 0.1) is 5.75 Å². The maximum atomic E-state index is 12.6. The minimum atomic E-state index is -3.07. The van der Waals surface area contributed by atoms with E-state index in [0.717, 1.165) is 32.5 Å². The highest BCUT2D eigenvalue weighted by molar-refractivity contribution is 7.89. The topological polar surface area (TPSA) is 55.9 Å². The number of nitrogens with one attached hydrogen (secondary N) is 1. The van der Waals surface area contributed by atoms with E-state index in [1.807, 2.05) is 0 Å². The van der Waals surface area contributed by atoms with E-state index >= 15 is 0 Å². The van der Waals surface area contributed by atoms with Crippen LogP contribution in [0.25, 0.3) is 0 Å². The molecule has 0 aromatic heterocycles. The third-order valence-corrected chi connectivity index (χ3v) is 7.94. The summed E-state index contributed by atoms with van der Waals surface area (Å²) in [6.07, 6.45) is 6.66. The van der Waals surface area contributed by atoms with Crippen LogP contribution in [0.5, 0.6) is 0 Å². The van der Waals surface area contributed by atoms with Crippen molar-refractivity contribution in [2.45, 2.75) is 50.6 Å². The van der Waals surface area contributed by atoms with Gasteiger partial charge in [0.15, 0.2) is 0 Å². The molecule has 0 aliphatic carbocycles. The molecular formula is C17H34N4O2S. The number of hydrogen-bond donors (Lipinski definition) is 1. The minimum Gasteiger partial charge on any atom is -0.314 e. The van der Waals surface area contributed by atoms with Crippen LogP contribution >= 0.6 is 0 Å². The Bertz CT molecular complexity index is 477. The standard InChI is InChI=1S/C17H34N4O2S/c1-19-9-6-17(7-10-19)20-11-13-21(14-12-20)24(22,23)15-3-5-16-4-2-8-18-16/h16-18H,2-15H2,1H3/t16-/m0/s1. The van der Waals surface area contributed by atoms with Crippen molar-refractivity contribution in [3.05, 3.63) is 0 Å². The van der Waals surface area contributed by atoms with Crippen LogP contribution in [0.15, 0.2) is 0 Å². The van der Waals surface area contributed by atoms with Crippen LogP contribution in [0, 0.1) is 0 Å². The van der Waals surface area contributed by atoms with Crippen LogP contribution in [-0.2, 0) is 10.0 Å². The summed E-state index contributed by atoms with van der Waals surface area (Å²) in [6.45, 7) is 6.58. The molecule has 0 bridgehead atoms. The molecule has 3 heterocycles. The minimum absolute atomic E-state index is 0.319. The monoisotopic (exact) mass is 358 g/mol. The highest BCUT2D eigenvalue weighted by atomic mass is 32.2. The largest absolute Gasteiger partial charge is 0.314 e. The summed E-state index contributed by atoms with van der Waals surface area (Å²) in [5.74, 6) is 0.319. The third kappa shape index (κ3) is 4.91. The molecule has 1 atom stereocenters. The molecule has 0 saturated carbocycles. The Hall–Kier alpha value is -0.210. The Kier molecular flexibility index (Phi) is 6.54. The number of likely N-dealkylation sites (tertiary alicyclic amines) is 1. The first-order valence-electron chi connectivity index (χ1n) is 9.68. The number of nitrogens with zero attached hydrogens (tertiary/aromatic N) is 3. The van der Waals surface area contributed by atoms with Crippen molar-refractivity contribution in [1.29, 1.82) is 0 Å². The normalized spacial score (nSPS) is 29.3. The number of rotatable bonds is 6. The molecule has 0 aromatic carbocycles. The maximum Gasteiger partial charge on any atom is 0.214 e. The zero-order valence-electron chi connectivity index (χ0n) is 15.1. The predicted octanol–water partition coefficient (Wildman–Crippen LogP) is 0.560. The maximum absolute atomic E-state index is 12.6. The van der Waals surface area contributed by atoms with Crippen molar-refractivity contribution in [2.75, 3.05) is 58.6 Å². The molecule has 3 rings (SSSR count). The second-order valence-electron chi connectivity index (χ2n) is 7.72. The Morgan fingerprint density at radius 2 is 1.71 bits per heavy atom. The molecule has 0 unspecified atom stereocenters. The van der Waals surface area contributed by atoms with Crippen LogP contribution < -0.4 is 5.32 Å². The summed E-state index contributed by atoms with van der Waals surface area (Å²) < 4.78 is 26.9. The summed E-state index contributed by atoms with van der Waals surface area (Å²) in [5, 5.41) is 3.45. The van der Waals surface area contributed by atoms with E-state index in [0.29, 0.717) is 30.9 Å². The molecule has 3 aliphatic rings. The van der Waals surface area contributed by atoms with E-state index in [2.05, 4.69) is 22.2 Å². The Balaban J connectivity index is 1.39. The third-order valence-electron chi connectivity index (χ3n) is 5.99. The van der Waals surface area contributed by atoms with E-state index in [9.17, 15) is 8.42 Å². The molecule has 0 amide bonds. The van der Waals surface area contributed by atoms with Gasteiger partial charge >= 0.3 is 0 Å². The van der Waals surface area contributed by atoms with Gasteiger partial charge in [-0.15, -0.1) is 0 Å². The molecule has 1 N–H and O–H groups in total. The highest BCUT2D eigenvalue weighted by Gasteiger charge is 2.31. The molecule has 0 radical (unpaired) electrons. The predicted molar refractivity (Wildman–Crippen MR) is 97.7 cm³/mol. The molecule has 3 aliphatic heterocycles. The molecule has 3 saturated heterocycles. The second kappa shape index (κ2) is 8.45. The molecule has 7 heteroatoms. The van der Waals surface area contributed by atoms with Gasteiger partial charge in [0, 0.05) is 38.3 Å². The molecule has 3 fully saturated rings. The van der Waals surface area contributed by atoms with E-state index in [1.54, 1.807) is 4.31 Å². The highest BCUT2D eigenvalue weighted by Crippen LogP contribution is 2.19. The number of piperidine rings is 1. The van der Waals surface area contributed by atoms with Crippen molar-refractivity contribution < 1.29 is 8.42 Å². The van der Waals surface area contributed by atoms with E-state index in [-0.39, 0.29) is 0 Å². The number of piperazine rings is 1. The molecule has 24 heavy (non-hydrogen) atoms. The fourth-order valence-electron chi connectivity index (χ4n) is 4.35. The molecular weight excluding hydrogens is 324 g/mol. The lowest BCUT2D eigenvalue weighted by atomic mass is 10.0. The quantitative estimate of drug-likeness (QED) is 0.752. The number of hydrogen-bond acceptors (Lipinski definition) is 5. The summed E-state index contributed by atoms with van der Waals surface area (Å²) in [4.78, 5) is 4.90. The van der Waals surface area contributed by atoms with Crippen molar-refractivity contribution in [1.82, 2.24) is 19.4 Å². The summed E-state index contributed by atoms with van der Waals surface area (Å²) in [7, 11) is -0.885. The molecule has 0 aromatic rings. The van der Waals surface area contributed by atoms with Gasteiger partial charge in [0.2, 0.25) is 10.0 Å². The van der Waals surface area contributed by atoms with E-state index < -0.39 is 10.0 Å². The molecule has 140 valence electrons. The lowest BCUT2D eigenvalue weighted by Gasteiger charge is -2.41. The first-order chi connectivity index (χ1) is 11.5. The van der Waals surface area contributed by atoms with Gasteiger partial charge in [-0.1, -0.05) is 0 Å². The zero-order valence-corrected chi connectivity index (χ0v) is 15.9. The van der Waals surface area contributed by atoms with Crippen molar-refractivity contribution >= 4 is 10.0 Å². The van der Waals surface area contributed by atoms with Gasteiger partial charge in [0.1, 0.15) is 0 Å². The second-order valence-corrected chi connectivity index (χ2v) is 9.81. The van der Waals surface area contributed by atoms with Gasteiger partial charge in [-0.2, -0.15) is 4.31 Å². The lowest BCUT2D eigenvalue weighted by Crippen LogP contribution is -2.54.